The van der Waals surface area contributed by atoms with E-state index in [1.54, 1.807) is 7.11 Å². The largest absolute Gasteiger partial charge is 0.462 e. The summed E-state index contributed by atoms with van der Waals surface area (Å²) in [5.74, 6) is 2.93. The Labute approximate surface area is 150 Å². The van der Waals surface area contributed by atoms with Crippen LogP contribution < -0.4 is 10.2 Å². The summed E-state index contributed by atoms with van der Waals surface area (Å²) in [6.07, 6.45) is 8.47. The van der Waals surface area contributed by atoms with Gasteiger partial charge in [-0.3, -0.25) is 0 Å². The van der Waals surface area contributed by atoms with E-state index in [9.17, 15) is 0 Å². The number of anilines is 1. The third kappa shape index (κ3) is 5.31. The van der Waals surface area contributed by atoms with Gasteiger partial charge in [-0.2, -0.15) is 0 Å². The summed E-state index contributed by atoms with van der Waals surface area (Å²) < 4.78 is 10.8. The number of nitrogens with one attached hydrogen (secondary N) is 1. The third-order valence-corrected chi connectivity index (χ3v) is 4.64. The highest BCUT2D eigenvalue weighted by Crippen LogP contribution is 2.21. The molecule has 3 heterocycles. The standard InChI is InChI=1S/C20H29N3O2/c1-24-16-19-10-9-18(25-19)15-21-14-17-8-7-11-22-20(17)23-12-5-3-2-4-6-13-23/h7-11,21H,2-6,12-16H2,1H3. The molecular formula is C20H29N3O2. The van der Waals surface area contributed by atoms with Gasteiger partial charge in [-0.15, -0.1) is 0 Å². The number of rotatable bonds is 7. The predicted molar refractivity (Wildman–Crippen MR) is 99.5 cm³/mol. The Morgan fingerprint density at radius 3 is 2.60 bits per heavy atom. The van der Waals surface area contributed by atoms with E-state index in [1.807, 2.05) is 24.4 Å². The zero-order valence-electron chi connectivity index (χ0n) is 15.2. The van der Waals surface area contributed by atoms with E-state index in [-0.39, 0.29) is 0 Å². The zero-order valence-corrected chi connectivity index (χ0v) is 15.2. The van der Waals surface area contributed by atoms with Gasteiger partial charge in [0.1, 0.15) is 23.9 Å². The molecule has 2 aromatic rings. The van der Waals surface area contributed by atoms with Crippen LogP contribution in [0.3, 0.4) is 0 Å². The highest BCUT2D eigenvalue weighted by atomic mass is 16.5. The lowest BCUT2D eigenvalue weighted by Crippen LogP contribution is -2.29. The van der Waals surface area contributed by atoms with Crippen molar-refractivity contribution < 1.29 is 9.15 Å². The first-order valence-electron chi connectivity index (χ1n) is 9.33. The van der Waals surface area contributed by atoms with Crippen molar-refractivity contribution in [2.24, 2.45) is 0 Å². The van der Waals surface area contributed by atoms with Crippen molar-refractivity contribution in [3.05, 3.63) is 47.5 Å². The fraction of sp³-hybridized carbons (Fsp3) is 0.550. The van der Waals surface area contributed by atoms with Gasteiger partial charge in [0, 0.05) is 38.5 Å². The van der Waals surface area contributed by atoms with Crippen molar-refractivity contribution in [3.8, 4) is 0 Å². The van der Waals surface area contributed by atoms with E-state index in [0.717, 1.165) is 37.0 Å². The maximum Gasteiger partial charge on any atom is 0.133 e. The second-order valence-electron chi connectivity index (χ2n) is 6.65. The van der Waals surface area contributed by atoms with Crippen LogP contribution in [0, 0.1) is 0 Å². The minimum atomic E-state index is 0.516. The van der Waals surface area contributed by atoms with Crippen LogP contribution >= 0.6 is 0 Å². The molecule has 0 bridgehead atoms. The van der Waals surface area contributed by atoms with Gasteiger partial charge in [0.25, 0.3) is 0 Å². The molecule has 0 saturated carbocycles. The molecule has 2 aromatic heterocycles. The number of hydrogen-bond donors (Lipinski definition) is 1. The van der Waals surface area contributed by atoms with Gasteiger partial charge in [0.15, 0.2) is 0 Å². The summed E-state index contributed by atoms with van der Waals surface area (Å²) in [5, 5.41) is 3.48. The minimum Gasteiger partial charge on any atom is -0.462 e. The summed E-state index contributed by atoms with van der Waals surface area (Å²) in [6.45, 7) is 4.24. The van der Waals surface area contributed by atoms with Crippen molar-refractivity contribution >= 4 is 5.82 Å². The molecule has 0 amide bonds. The maximum atomic E-state index is 5.73. The summed E-state index contributed by atoms with van der Waals surface area (Å²) in [6, 6.07) is 8.17. The molecule has 5 heteroatoms. The van der Waals surface area contributed by atoms with Gasteiger partial charge in [-0.1, -0.05) is 25.3 Å². The van der Waals surface area contributed by atoms with Gasteiger partial charge in [-0.25, -0.2) is 4.98 Å². The summed E-state index contributed by atoms with van der Waals surface area (Å²) >= 11 is 0. The Morgan fingerprint density at radius 1 is 1.04 bits per heavy atom. The van der Waals surface area contributed by atoms with E-state index in [0.29, 0.717) is 13.2 Å². The monoisotopic (exact) mass is 343 g/mol. The summed E-state index contributed by atoms with van der Waals surface area (Å²) in [4.78, 5) is 7.13. The molecule has 0 aliphatic carbocycles. The molecule has 3 rings (SSSR count). The van der Waals surface area contributed by atoms with Gasteiger partial charge in [0.05, 0.1) is 6.54 Å². The Morgan fingerprint density at radius 2 is 1.80 bits per heavy atom. The SMILES string of the molecule is COCc1ccc(CNCc2cccnc2N2CCCCCCC2)o1. The predicted octanol–water partition coefficient (Wildman–Crippen LogP) is 3.88. The average molecular weight is 343 g/mol. The number of nitrogens with zero attached hydrogens (tertiary/aromatic N) is 2. The van der Waals surface area contributed by atoms with Crippen molar-refractivity contribution in [2.75, 3.05) is 25.1 Å². The van der Waals surface area contributed by atoms with Crippen molar-refractivity contribution in [1.82, 2.24) is 10.3 Å². The van der Waals surface area contributed by atoms with Gasteiger partial charge < -0.3 is 19.4 Å². The molecule has 1 saturated heterocycles. The minimum absolute atomic E-state index is 0.516. The van der Waals surface area contributed by atoms with Crippen molar-refractivity contribution in [2.45, 2.75) is 51.8 Å². The lowest BCUT2D eigenvalue weighted by molar-refractivity contribution is 0.162. The van der Waals surface area contributed by atoms with Crippen LogP contribution in [0.4, 0.5) is 5.82 Å². The molecule has 1 aliphatic heterocycles. The second-order valence-corrected chi connectivity index (χ2v) is 6.65. The Bertz CT molecular complexity index is 633. The maximum absolute atomic E-state index is 5.73. The van der Waals surface area contributed by atoms with Crippen molar-refractivity contribution in [1.29, 1.82) is 0 Å². The zero-order chi connectivity index (χ0) is 17.3. The van der Waals surface area contributed by atoms with E-state index in [4.69, 9.17) is 9.15 Å². The first kappa shape index (κ1) is 18.0. The van der Waals surface area contributed by atoms with E-state index >= 15 is 0 Å². The van der Waals surface area contributed by atoms with Crippen LogP contribution in [-0.4, -0.2) is 25.2 Å². The number of methoxy groups -OCH3 is 1. The van der Waals surface area contributed by atoms with E-state index < -0.39 is 0 Å². The lowest BCUT2D eigenvalue weighted by Gasteiger charge is -2.27. The molecule has 0 aromatic carbocycles. The third-order valence-electron chi connectivity index (χ3n) is 4.64. The van der Waals surface area contributed by atoms with E-state index in [2.05, 4.69) is 21.3 Å². The second kappa shape index (κ2) is 9.59. The quantitative estimate of drug-likeness (QED) is 0.827. The fourth-order valence-electron chi connectivity index (χ4n) is 3.37. The number of ether oxygens (including phenoxy) is 1. The first-order valence-corrected chi connectivity index (χ1v) is 9.33. The number of hydrogen-bond acceptors (Lipinski definition) is 5. The molecular weight excluding hydrogens is 314 g/mol. The molecule has 0 unspecified atom stereocenters. The highest BCUT2D eigenvalue weighted by molar-refractivity contribution is 5.46. The van der Waals surface area contributed by atoms with Crippen LogP contribution in [0.25, 0.3) is 0 Å². The smallest absolute Gasteiger partial charge is 0.133 e. The van der Waals surface area contributed by atoms with Gasteiger partial charge in [-0.05, 0) is 31.0 Å². The molecule has 1 aliphatic rings. The molecule has 0 spiro atoms. The molecule has 1 N–H and O–H groups in total. The Balaban J connectivity index is 1.58. The van der Waals surface area contributed by atoms with Gasteiger partial charge in [0.2, 0.25) is 0 Å². The Hall–Kier alpha value is -1.85. The topological polar surface area (TPSA) is 50.5 Å². The number of aromatic nitrogens is 1. The molecule has 5 nitrogen and oxygen atoms in total. The number of pyridine rings is 1. The molecule has 0 atom stereocenters. The van der Waals surface area contributed by atoms with Crippen LogP contribution in [0.5, 0.6) is 0 Å². The summed E-state index contributed by atoms with van der Waals surface area (Å²) in [7, 11) is 1.68. The molecule has 1 fully saturated rings. The molecule has 136 valence electrons. The lowest BCUT2D eigenvalue weighted by atomic mass is 10.1. The van der Waals surface area contributed by atoms with Crippen LogP contribution in [-0.2, 0) is 24.4 Å². The fourth-order valence-corrected chi connectivity index (χ4v) is 3.37. The average Bonchev–Trinajstić information content (AvgIpc) is 3.03. The molecule has 25 heavy (non-hydrogen) atoms. The summed E-state index contributed by atoms with van der Waals surface area (Å²) in [5.41, 5.74) is 1.26. The Kier molecular flexibility index (Phi) is 6.89. The van der Waals surface area contributed by atoms with Crippen LogP contribution in [0.2, 0.25) is 0 Å². The highest BCUT2D eigenvalue weighted by Gasteiger charge is 2.14. The van der Waals surface area contributed by atoms with Gasteiger partial charge >= 0.3 is 0 Å². The normalized spacial score (nSPS) is 15.8. The van der Waals surface area contributed by atoms with Crippen LogP contribution in [0.15, 0.2) is 34.9 Å². The van der Waals surface area contributed by atoms with Crippen LogP contribution in [0.1, 0.15) is 49.2 Å². The number of furan rings is 1. The first-order chi connectivity index (χ1) is 12.4. The van der Waals surface area contributed by atoms with Crippen molar-refractivity contribution in [3.63, 3.8) is 0 Å². The molecule has 0 radical (unpaired) electrons. The van der Waals surface area contributed by atoms with E-state index in [1.165, 1.54) is 37.7 Å².